The Hall–Kier alpha value is -3.12. The van der Waals surface area contributed by atoms with Crippen LogP contribution in [0.1, 0.15) is 5.56 Å². The molecule has 0 aliphatic carbocycles. The Morgan fingerprint density at radius 2 is 1.85 bits per heavy atom. The van der Waals surface area contributed by atoms with Gasteiger partial charge in [0, 0.05) is 12.3 Å². The first-order chi connectivity index (χ1) is 12.7. The minimum absolute atomic E-state index is 0.392. The fourth-order valence-corrected chi connectivity index (χ4v) is 2.69. The normalized spacial score (nSPS) is 10.8. The summed E-state index contributed by atoms with van der Waals surface area (Å²) in [5.74, 6) is 1.53. The number of aromatic nitrogens is 4. The maximum atomic E-state index is 5.99. The molecule has 0 N–H and O–H groups in total. The predicted molar refractivity (Wildman–Crippen MR) is 98.6 cm³/mol. The summed E-state index contributed by atoms with van der Waals surface area (Å²) in [5, 5.41) is 4.67. The zero-order valence-electron chi connectivity index (χ0n) is 14.0. The number of hydrogen-bond donors (Lipinski definition) is 0. The van der Waals surface area contributed by atoms with Crippen molar-refractivity contribution in [3.63, 3.8) is 0 Å². The maximum absolute atomic E-state index is 5.99. The van der Waals surface area contributed by atoms with E-state index in [9.17, 15) is 0 Å². The lowest BCUT2D eigenvalue weighted by Gasteiger charge is -2.08. The molecule has 3 heterocycles. The van der Waals surface area contributed by atoms with Gasteiger partial charge < -0.3 is 9.47 Å². The quantitative estimate of drug-likeness (QED) is 0.533. The van der Waals surface area contributed by atoms with E-state index in [2.05, 4.69) is 15.1 Å². The van der Waals surface area contributed by atoms with Gasteiger partial charge in [0.05, 0.1) is 19.0 Å². The fourth-order valence-electron chi connectivity index (χ4n) is 2.56. The van der Waals surface area contributed by atoms with E-state index in [-0.39, 0.29) is 0 Å². The molecule has 0 amide bonds. The summed E-state index contributed by atoms with van der Waals surface area (Å²) in [4.78, 5) is 8.72. The molecule has 26 heavy (non-hydrogen) atoms. The van der Waals surface area contributed by atoms with Crippen molar-refractivity contribution in [2.24, 2.45) is 0 Å². The Labute approximate surface area is 155 Å². The molecule has 4 aromatic rings. The van der Waals surface area contributed by atoms with Crippen molar-refractivity contribution in [3.8, 4) is 22.9 Å². The number of benzene rings is 1. The third-order valence-corrected chi connectivity index (χ3v) is 4.09. The van der Waals surface area contributed by atoms with Crippen LogP contribution in [0, 0.1) is 0 Å². The van der Waals surface area contributed by atoms with E-state index in [1.807, 2.05) is 42.5 Å². The number of hydrogen-bond acceptors (Lipinski definition) is 5. The van der Waals surface area contributed by atoms with Crippen molar-refractivity contribution in [2.45, 2.75) is 6.61 Å². The fraction of sp³-hybridized carbons (Fsp3) is 0.105. The highest BCUT2D eigenvalue weighted by molar-refractivity contribution is 6.29. The number of imidazole rings is 1. The number of pyridine rings is 1. The largest absolute Gasteiger partial charge is 0.497 e. The van der Waals surface area contributed by atoms with E-state index in [0.717, 1.165) is 17.0 Å². The van der Waals surface area contributed by atoms with Crippen molar-refractivity contribution in [2.75, 3.05) is 7.11 Å². The molecule has 6 nitrogen and oxygen atoms in total. The molecule has 0 spiro atoms. The summed E-state index contributed by atoms with van der Waals surface area (Å²) in [6, 6.07) is 14.9. The van der Waals surface area contributed by atoms with Gasteiger partial charge in [0.15, 0.2) is 5.65 Å². The number of halogens is 1. The molecule has 1 aromatic carbocycles. The molecular formula is C19H15ClN4O2. The van der Waals surface area contributed by atoms with Crippen LogP contribution in [0.25, 0.3) is 17.0 Å². The molecule has 3 aromatic heterocycles. The van der Waals surface area contributed by atoms with Crippen LogP contribution in [0.2, 0.25) is 5.15 Å². The SMILES string of the molecule is COc1ccc(COc2ccnc(-c3cnc4ccc(Cl)nn34)c2)cc1. The second-order valence-corrected chi connectivity index (χ2v) is 5.97. The molecule has 0 saturated carbocycles. The molecule has 0 atom stereocenters. The number of nitrogens with zero attached hydrogens (tertiary/aromatic N) is 4. The van der Waals surface area contributed by atoms with Crippen molar-refractivity contribution in [1.82, 2.24) is 19.6 Å². The topological polar surface area (TPSA) is 61.5 Å². The third-order valence-electron chi connectivity index (χ3n) is 3.89. The lowest BCUT2D eigenvalue weighted by atomic mass is 10.2. The Morgan fingerprint density at radius 1 is 1.00 bits per heavy atom. The van der Waals surface area contributed by atoms with Crippen LogP contribution < -0.4 is 9.47 Å². The second kappa shape index (κ2) is 7.01. The van der Waals surface area contributed by atoms with Gasteiger partial charge >= 0.3 is 0 Å². The molecule has 0 unspecified atom stereocenters. The van der Waals surface area contributed by atoms with Crippen LogP contribution in [0.15, 0.2) is 60.9 Å². The van der Waals surface area contributed by atoms with E-state index in [0.29, 0.717) is 28.9 Å². The third kappa shape index (κ3) is 3.32. The molecule has 0 fully saturated rings. The molecular weight excluding hydrogens is 352 g/mol. The molecule has 0 aliphatic heterocycles. The summed E-state index contributed by atoms with van der Waals surface area (Å²) < 4.78 is 12.7. The first-order valence-electron chi connectivity index (χ1n) is 7.95. The monoisotopic (exact) mass is 366 g/mol. The number of ether oxygens (including phenoxy) is 2. The first-order valence-corrected chi connectivity index (χ1v) is 8.33. The number of methoxy groups -OCH3 is 1. The summed E-state index contributed by atoms with van der Waals surface area (Å²) in [6.45, 7) is 0.449. The lowest BCUT2D eigenvalue weighted by Crippen LogP contribution is -1.98. The summed E-state index contributed by atoms with van der Waals surface area (Å²) in [5.41, 5.74) is 3.21. The molecule has 0 bridgehead atoms. The first kappa shape index (κ1) is 16.4. The highest BCUT2D eigenvalue weighted by Crippen LogP contribution is 2.23. The van der Waals surface area contributed by atoms with E-state index in [1.165, 1.54) is 0 Å². The van der Waals surface area contributed by atoms with Crippen LogP contribution in [-0.4, -0.2) is 26.7 Å². The van der Waals surface area contributed by atoms with Gasteiger partial charge in [-0.3, -0.25) is 4.98 Å². The smallest absolute Gasteiger partial charge is 0.154 e. The van der Waals surface area contributed by atoms with Gasteiger partial charge in [-0.15, -0.1) is 0 Å². The average Bonchev–Trinajstić information content (AvgIpc) is 3.10. The maximum Gasteiger partial charge on any atom is 0.154 e. The second-order valence-electron chi connectivity index (χ2n) is 5.58. The van der Waals surface area contributed by atoms with Crippen LogP contribution in [0.3, 0.4) is 0 Å². The Bertz CT molecular complexity index is 1050. The van der Waals surface area contributed by atoms with Gasteiger partial charge in [0.25, 0.3) is 0 Å². The molecule has 130 valence electrons. The van der Waals surface area contributed by atoms with Gasteiger partial charge in [-0.1, -0.05) is 23.7 Å². The number of fused-ring (bicyclic) bond motifs is 1. The van der Waals surface area contributed by atoms with Crippen molar-refractivity contribution in [3.05, 3.63) is 71.6 Å². The van der Waals surface area contributed by atoms with E-state index in [1.54, 1.807) is 30.1 Å². The van der Waals surface area contributed by atoms with Gasteiger partial charge in [0.1, 0.15) is 29.0 Å². The van der Waals surface area contributed by atoms with E-state index in [4.69, 9.17) is 21.1 Å². The molecule has 0 radical (unpaired) electrons. The van der Waals surface area contributed by atoms with Crippen LogP contribution >= 0.6 is 11.6 Å². The summed E-state index contributed by atoms with van der Waals surface area (Å²) >= 11 is 5.99. The van der Waals surface area contributed by atoms with Crippen LogP contribution in [-0.2, 0) is 6.61 Å². The molecule has 0 aliphatic rings. The molecule has 4 rings (SSSR count). The van der Waals surface area contributed by atoms with Crippen LogP contribution in [0.5, 0.6) is 11.5 Å². The summed E-state index contributed by atoms with van der Waals surface area (Å²) in [6.07, 6.45) is 3.41. The predicted octanol–water partition coefficient (Wildman–Crippen LogP) is 4.03. The zero-order valence-corrected chi connectivity index (χ0v) is 14.7. The molecule has 0 saturated heterocycles. The van der Waals surface area contributed by atoms with Crippen LogP contribution in [0.4, 0.5) is 0 Å². The highest BCUT2D eigenvalue weighted by Gasteiger charge is 2.10. The van der Waals surface area contributed by atoms with E-state index < -0.39 is 0 Å². The van der Waals surface area contributed by atoms with Crippen molar-refractivity contribution < 1.29 is 9.47 Å². The van der Waals surface area contributed by atoms with E-state index >= 15 is 0 Å². The standard InChI is InChI=1S/C19H15ClN4O2/c1-25-14-4-2-13(3-5-14)12-26-15-8-9-21-16(10-15)17-11-22-19-7-6-18(20)23-24(17)19/h2-11H,12H2,1H3. The van der Waals surface area contributed by atoms with Gasteiger partial charge in [-0.2, -0.15) is 5.10 Å². The Kier molecular flexibility index (Phi) is 4.41. The minimum atomic E-state index is 0.392. The number of rotatable bonds is 5. The van der Waals surface area contributed by atoms with Gasteiger partial charge in [-0.05, 0) is 35.9 Å². The zero-order chi connectivity index (χ0) is 17.9. The Balaban J connectivity index is 1.56. The van der Waals surface area contributed by atoms with Crippen molar-refractivity contribution in [1.29, 1.82) is 0 Å². The lowest BCUT2D eigenvalue weighted by molar-refractivity contribution is 0.306. The molecule has 7 heteroatoms. The highest BCUT2D eigenvalue weighted by atomic mass is 35.5. The van der Waals surface area contributed by atoms with Gasteiger partial charge in [0.2, 0.25) is 0 Å². The van der Waals surface area contributed by atoms with Crippen molar-refractivity contribution >= 4 is 17.2 Å². The average molecular weight is 367 g/mol. The Morgan fingerprint density at radius 3 is 2.65 bits per heavy atom. The van der Waals surface area contributed by atoms with Gasteiger partial charge in [-0.25, -0.2) is 9.50 Å². The minimum Gasteiger partial charge on any atom is -0.497 e. The summed E-state index contributed by atoms with van der Waals surface area (Å²) in [7, 11) is 1.65.